The minimum absolute atomic E-state index is 0.0511. The highest BCUT2D eigenvalue weighted by Gasteiger charge is 2.34. The normalized spacial score (nSPS) is 12.1. The molecule has 40 heavy (non-hydrogen) atoms. The van der Waals surface area contributed by atoms with E-state index in [0.29, 0.717) is 34.3 Å². The summed E-state index contributed by atoms with van der Waals surface area (Å²) in [6.07, 6.45) is 2.20. The molecule has 0 aliphatic heterocycles. The number of hydrogen-bond donors (Lipinski definition) is 1. The number of thioether (sulfide) groups is 1. The number of benzene rings is 3. The lowest BCUT2D eigenvalue weighted by molar-refractivity contribution is -0.140. The van der Waals surface area contributed by atoms with Gasteiger partial charge in [-0.05, 0) is 75.1 Å². The maximum atomic E-state index is 14.1. The molecule has 1 atom stereocenters. The predicted octanol–water partition coefficient (Wildman–Crippen LogP) is 6.16. The van der Waals surface area contributed by atoms with Crippen molar-refractivity contribution in [3.8, 4) is 0 Å². The van der Waals surface area contributed by atoms with Gasteiger partial charge in [-0.25, -0.2) is 8.42 Å². The van der Waals surface area contributed by atoms with Crippen molar-refractivity contribution in [3.63, 3.8) is 0 Å². The van der Waals surface area contributed by atoms with Crippen LogP contribution < -0.4 is 9.62 Å². The average molecular weight is 623 g/mol. The highest BCUT2D eigenvalue weighted by atomic mass is 35.5. The van der Waals surface area contributed by atoms with Crippen LogP contribution in [0.4, 0.5) is 5.69 Å². The third-order valence-electron chi connectivity index (χ3n) is 6.38. The lowest BCUT2D eigenvalue weighted by Crippen LogP contribution is -2.52. The fourth-order valence-electron chi connectivity index (χ4n) is 4.18. The molecular formula is C29H33Cl2N3O4S2. The Hall–Kier alpha value is -2.72. The number of hydrogen-bond acceptors (Lipinski definition) is 5. The number of likely N-dealkylation sites (N-methyl/N-ethyl adjacent to an activating group) is 1. The van der Waals surface area contributed by atoms with Crippen LogP contribution in [0.2, 0.25) is 10.0 Å². The highest BCUT2D eigenvalue weighted by molar-refractivity contribution is 7.98. The second kappa shape index (κ2) is 14.3. The van der Waals surface area contributed by atoms with Gasteiger partial charge in [0.1, 0.15) is 12.6 Å². The van der Waals surface area contributed by atoms with E-state index in [1.807, 2.05) is 13.2 Å². The Balaban J connectivity index is 2.09. The molecule has 1 N–H and O–H groups in total. The molecule has 0 unspecified atom stereocenters. The average Bonchev–Trinajstić information content (AvgIpc) is 2.93. The first-order valence-electron chi connectivity index (χ1n) is 12.8. The third-order valence-corrected chi connectivity index (χ3v) is 9.62. The standard InChI is InChI=1S/C29H33Cl2N3O4S2/c1-5-27(29(36)32-6-2)33(18-24-25(30)8-7-9-26(24)31)28(35)19-34(21-12-10-20(3)11-13-21)40(37,38)23-16-14-22(39-4)15-17-23/h7-17,27H,5-6,18-19H2,1-4H3,(H,32,36)/t27-/m1/s1. The molecule has 11 heteroatoms. The van der Waals surface area contributed by atoms with Crippen LogP contribution in [0.3, 0.4) is 0 Å². The molecule has 0 saturated carbocycles. The van der Waals surface area contributed by atoms with Crippen LogP contribution in [0.1, 0.15) is 31.4 Å². The van der Waals surface area contributed by atoms with Crippen molar-refractivity contribution in [2.24, 2.45) is 0 Å². The molecule has 0 bridgehead atoms. The van der Waals surface area contributed by atoms with E-state index < -0.39 is 28.5 Å². The number of nitrogens with zero attached hydrogens (tertiary/aromatic N) is 2. The second-order valence-corrected chi connectivity index (χ2v) is 12.6. The Labute approximate surface area is 250 Å². The largest absolute Gasteiger partial charge is 0.355 e. The van der Waals surface area contributed by atoms with Crippen LogP contribution in [0.15, 0.2) is 76.5 Å². The zero-order valence-electron chi connectivity index (χ0n) is 22.9. The molecule has 0 aliphatic carbocycles. The minimum Gasteiger partial charge on any atom is -0.355 e. The topological polar surface area (TPSA) is 86.8 Å². The maximum Gasteiger partial charge on any atom is 0.264 e. The van der Waals surface area contributed by atoms with Gasteiger partial charge in [0.05, 0.1) is 10.6 Å². The molecule has 2 amide bonds. The van der Waals surface area contributed by atoms with Crippen LogP contribution in [-0.2, 0) is 26.2 Å². The fraction of sp³-hybridized carbons (Fsp3) is 0.310. The predicted molar refractivity (Wildman–Crippen MR) is 164 cm³/mol. The quantitative estimate of drug-likeness (QED) is 0.245. The van der Waals surface area contributed by atoms with Crippen LogP contribution in [0.25, 0.3) is 0 Å². The third kappa shape index (κ3) is 7.51. The van der Waals surface area contributed by atoms with Crippen LogP contribution in [0, 0.1) is 6.92 Å². The first-order chi connectivity index (χ1) is 19.0. The van der Waals surface area contributed by atoms with Crippen molar-refractivity contribution in [3.05, 3.63) is 87.9 Å². The molecule has 3 aromatic carbocycles. The molecule has 7 nitrogen and oxygen atoms in total. The minimum atomic E-state index is -4.15. The number of halogens is 2. The van der Waals surface area contributed by atoms with Gasteiger partial charge in [0.25, 0.3) is 10.0 Å². The van der Waals surface area contributed by atoms with E-state index in [9.17, 15) is 18.0 Å². The number of carbonyl (C=O) groups is 2. The summed E-state index contributed by atoms with van der Waals surface area (Å²) in [6, 6.07) is 17.5. The SMILES string of the molecule is CCNC(=O)[C@@H](CC)N(Cc1c(Cl)cccc1Cl)C(=O)CN(c1ccc(C)cc1)S(=O)(=O)c1ccc(SC)cc1. The molecule has 0 radical (unpaired) electrons. The summed E-state index contributed by atoms with van der Waals surface area (Å²) in [7, 11) is -4.15. The van der Waals surface area contributed by atoms with Gasteiger partial charge >= 0.3 is 0 Å². The van der Waals surface area contributed by atoms with Gasteiger partial charge in [-0.2, -0.15) is 0 Å². The molecule has 0 spiro atoms. The van der Waals surface area contributed by atoms with Gasteiger partial charge in [-0.15, -0.1) is 11.8 Å². The number of amides is 2. The number of aryl methyl sites for hydroxylation is 1. The Morgan fingerprint density at radius 2 is 1.55 bits per heavy atom. The summed E-state index contributed by atoms with van der Waals surface area (Å²) >= 11 is 14.4. The van der Waals surface area contributed by atoms with Gasteiger partial charge in [0.15, 0.2) is 0 Å². The van der Waals surface area contributed by atoms with E-state index in [2.05, 4.69) is 5.32 Å². The monoisotopic (exact) mass is 621 g/mol. The van der Waals surface area contributed by atoms with Crippen molar-refractivity contribution < 1.29 is 18.0 Å². The van der Waals surface area contributed by atoms with Gasteiger partial charge in [-0.1, -0.05) is 53.9 Å². The molecule has 3 aromatic rings. The molecular weight excluding hydrogens is 589 g/mol. The first-order valence-corrected chi connectivity index (χ1v) is 16.2. The summed E-state index contributed by atoms with van der Waals surface area (Å²) in [5.41, 5.74) is 1.74. The van der Waals surface area contributed by atoms with Gasteiger partial charge < -0.3 is 10.2 Å². The van der Waals surface area contributed by atoms with E-state index >= 15 is 0 Å². The molecule has 214 valence electrons. The fourth-order valence-corrected chi connectivity index (χ4v) is 6.52. The zero-order chi connectivity index (χ0) is 29.4. The summed E-state index contributed by atoms with van der Waals surface area (Å²) in [5.74, 6) is -0.919. The molecule has 0 aliphatic rings. The molecule has 0 aromatic heterocycles. The van der Waals surface area contributed by atoms with E-state index in [4.69, 9.17) is 23.2 Å². The van der Waals surface area contributed by atoms with Gasteiger partial charge in [0.2, 0.25) is 11.8 Å². The highest BCUT2D eigenvalue weighted by Crippen LogP contribution is 2.29. The lowest BCUT2D eigenvalue weighted by atomic mass is 10.1. The van der Waals surface area contributed by atoms with E-state index in [1.54, 1.807) is 68.4 Å². The summed E-state index contributed by atoms with van der Waals surface area (Å²) in [4.78, 5) is 29.4. The second-order valence-electron chi connectivity index (χ2n) is 9.06. The molecule has 0 fully saturated rings. The summed E-state index contributed by atoms with van der Waals surface area (Å²) < 4.78 is 29.0. The zero-order valence-corrected chi connectivity index (χ0v) is 26.0. The number of sulfonamides is 1. The molecule has 0 saturated heterocycles. The first kappa shape index (κ1) is 31.8. The summed E-state index contributed by atoms with van der Waals surface area (Å²) in [5, 5.41) is 3.45. The molecule has 0 heterocycles. The maximum absolute atomic E-state index is 14.1. The van der Waals surface area contributed by atoms with Crippen molar-refractivity contribution >= 4 is 62.5 Å². The summed E-state index contributed by atoms with van der Waals surface area (Å²) in [6.45, 7) is 5.24. The number of rotatable bonds is 12. The van der Waals surface area contributed by atoms with Crippen LogP contribution >= 0.6 is 35.0 Å². The van der Waals surface area contributed by atoms with Crippen LogP contribution in [0.5, 0.6) is 0 Å². The van der Waals surface area contributed by atoms with Crippen molar-refractivity contribution in [2.75, 3.05) is 23.7 Å². The van der Waals surface area contributed by atoms with Gasteiger partial charge in [-0.3, -0.25) is 13.9 Å². The number of anilines is 1. The van der Waals surface area contributed by atoms with Crippen molar-refractivity contribution in [1.82, 2.24) is 10.2 Å². The van der Waals surface area contributed by atoms with Gasteiger partial charge in [0, 0.05) is 33.6 Å². The van der Waals surface area contributed by atoms with Crippen molar-refractivity contribution in [2.45, 2.75) is 49.6 Å². The Morgan fingerprint density at radius 3 is 2.08 bits per heavy atom. The number of nitrogens with one attached hydrogen (secondary N) is 1. The molecule has 3 rings (SSSR count). The van der Waals surface area contributed by atoms with E-state index in [1.165, 1.54) is 28.8 Å². The van der Waals surface area contributed by atoms with E-state index in [0.717, 1.165) is 14.8 Å². The van der Waals surface area contributed by atoms with Crippen molar-refractivity contribution in [1.29, 1.82) is 0 Å². The Morgan fingerprint density at radius 1 is 0.950 bits per heavy atom. The smallest absolute Gasteiger partial charge is 0.264 e. The van der Waals surface area contributed by atoms with Crippen LogP contribution in [-0.4, -0.2) is 50.5 Å². The Kier molecular flexibility index (Phi) is 11.3. The van der Waals surface area contributed by atoms with E-state index in [-0.39, 0.29) is 17.3 Å². The Bertz CT molecular complexity index is 1410. The number of carbonyl (C=O) groups excluding carboxylic acids is 2. The lowest BCUT2D eigenvalue weighted by Gasteiger charge is -2.33.